The maximum Gasteiger partial charge on any atom is 0.286 e. The lowest BCUT2D eigenvalue weighted by Gasteiger charge is -2.18. The molecular formula is C20H20ClN3O6. The Morgan fingerprint density at radius 3 is 2.63 bits per heavy atom. The number of rotatable bonds is 7. The van der Waals surface area contributed by atoms with E-state index in [-0.39, 0.29) is 29.6 Å². The molecule has 2 aromatic carbocycles. The van der Waals surface area contributed by atoms with Crippen LogP contribution < -0.4 is 19.7 Å². The van der Waals surface area contributed by atoms with Crippen molar-refractivity contribution < 1.29 is 24.0 Å². The quantitative estimate of drug-likeness (QED) is 0.521. The maximum absolute atomic E-state index is 12.8. The van der Waals surface area contributed by atoms with E-state index in [1.165, 1.54) is 19.2 Å². The zero-order valence-electron chi connectivity index (χ0n) is 16.4. The van der Waals surface area contributed by atoms with Crippen LogP contribution in [0, 0.1) is 10.1 Å². The number of carbonyl (C=O) groups is 2. The zero-order valence-corrected chi connectivity index (χ0v) is 17.2. The van der Waals surface area contributed by atoms with Crippen LogP contribution in [0.25, 0.3) is 0 Å². The number of methoxy groups -OCH3 is 1. The summed E-state index contributed by atoms with van der Waals surface area (Å²) in [6.07, 6.45) is 1.23. The van der Waals surface area contributed by atoms with E-state index < -0.39 is 16.5 Å². The molecule has 1 aliphatic heterocycles. The van der Waals surface area contributed by atoms with Crippen LogP contribution in [0.4, 0.5) is 17.1 Å². The van der Waals surface area contributed by atoms with Gasteiger partial charge in [0.25, 0.3) is 11.6 Å². The fourth-order valence-corrected chi connectivity index (χ4v) is 3.50. The third kappa shape index (κ3) is 4.30. The van der Waals surface area contributed by atoms with Gasteiger partial charge in [-0.15, -0.1) is 0 Å². The highest BCUT2D eigenvalue weighted by atomic mass is 35.5. The van der Waals surface area contributed by atoms with Crippen LogP contribution in [-0.2, 0) is 4.79 Å². The second-order valence-electron chi connectivity index (χ2n) is 6.48. The van der Waals surface area contributed by atoms with Crippen molar-refractivity contribution in [2.45, 2.75) is 19.8 Å². The highest BCUT2D eigenvalue weighted by molar-refractivity contribution is 6.34. The van der Waals surface area contributed by atoms with Gasteiger partial charge >= 0.3 is 0 Å². The summed E-state index contributed by atoms with van der Waals surface area (Å²) >= 11 is 6.30. The molecule has 30 heavy (non-hydrogen) atoms. The van der Waals surface area contributed by atoms with E-state index in [1.54, 1.807) is 24.0 Å². The lowest BCUT2D eigenvalue weighted by Crippen LogP contribution is -2.24. The van der Waals surface area contributed by atoms with Gasteiger partial charge in [0.15, 0.2) is 11.5 Å². The smallest absolute Gasteiger partial charge is 0.286 e. The van der Waals surface area contributed by atoms with Crippen molar-refractivity contribution in [3.63, 3.8) is 0 Å². The highest BCUT2D eigenvalue weighted by Crippen LogP contribution is 2.36. The molecule has 0 radical (unpaired) electrons. The van der Waals surface area contributed by atoms with Gasteiger partial charge in [0.1, 0.15) is 5.56 Å². The minimum atomic E-state index is -0.705. The van der Waals surface area contributed by atoms with Crippen molar-refractivity contribution in [1.29, 1.82) is 0 Å². The molecule has 0 bridgehead atoms. The van der Waals surface area contributed by atoms with E-state index in [0.29, 0.717) is 29.4 Å². The summed E-state index contributed by atoms with van der Waals surface area (Å²) < 4.78 is 10.5. The van der Waals surface area contributed by atoms with Crippen molar-refractivity contribution in [2.24, 2.45) is 0 Å². The van der Waals surface area contributed by atoms with Crippen LogP contribution in [0.15, 0.2) is 30.3 Å². The van der Waals surface area contributed by atoms with Crippen molar-refractivity contribution in [1.82, 2.24) is 0 Å². The minimum Gasteiger partial charge on any atom is -0.493 e. The Hall–Kier alpha value is -3.33. The topological polar surface area (TPSA) is 111 Å². The second kappa shape index (κ2) is 9.00. The van der Waals surface area contributed by atoms with Crippen molar-refractivity contribution in [2.75, 3.05) is 30.5 Å². The first-order valence-electron chi connectivity index (χ1n) is 9.26. The number of carbonyl (C=O) groups excluding carboxylic acids is 2. The van der Waals surface area contributed by atoms with Crippen molar-refractivity contribution in [3.8, 4) is 11.5 Å². The molecule has 0 aliphatic carbocycles. The molecule has 10 heteroatoms. The van der Waals surface area contributed by atoms with E-state index in [0.717, 1.165) is 12.5 Å². The van der Waals surface area contributed by atoms with E-state index in [1.807, 2.05) is 0 Å². The molecule has 0 unspecified atom stereocenters. The zero-order chi connectivity index (χ0) is 21.8. The molecule has 9 nitrogen and oxygen atoms in total. The molecule has 0 spiro atoms. The largest absolute Gasteiger partial charge is 0.493 e. The van der Waals surface area contributed by atoms with Crippen LogP contribution >= 0.6 is 11.6 Å². The number of hydrogen-bond donors (Lipinski definition) is 1. The van der Waals surface area contributed by atoms with E-state index >= 15 is 0 Å². The van der Waals surface area contributed by atoms with E-state index in [2.05, 4.69) is 5.32 Å². The molecule has 1 saturated heterocycles. The summed E-state index contributed by atoms with van der Waals surface area (Å²) in [5, 5.41) is 14.4. The van der Waals surface area contributed by atoms with Gasteiger partial charge in [-0.05, 0) is 31.5 Å². The summed E-state index contributed by atoms with van der Waals surface area (Å²) in [4.78, 5) is 37.1. The third-order valence-electron chi connectivity index (χ3n) is 4.59. The second-order valence-corrected chi connectivity index (χ2v) is 6.89. The SMILES string of the molecule is CCOc1cc([N+](=O)[O-])c(C(=O)Nc2ccc(N3CCCC3=O)c(Cl)c2)cc1OC. The number of hydrogen-bond acceptors (Lipinski definition) is 6. The van der Waals surface area contributed by atoms with Gasteiger partial charge in [-0.25, -0.2) is 0 Å². The predicted molar refractivity (Wildman–Crippen MR) is 112 cm³/mol. The average molecular weight is 434 g/mol. The molecule has 3 rings (SSSR count). The number of amides is 2. The third-order valence-corrected chi connectivity index (χ3v) is 4.90. The molecule has 0 saturated carbocycles. The summed E-state index contributed by atoms with van der Waals surface area (Å²) in [5.41, 5.74) is 0.297. The van der Waals surface area contributed by atoms with Gasteiger partial charge in [0, 0.05) is 24.7 Å². The number of nitrogens with zero attached hydrogens (tertiary/aromatic N) is 2. The Balaban J connectivity index is 1.89. The first kappa shape index (κ1) is 21.4. The summed E-state index contributed by atoms with van der Waals surface area (Å²) in [5.74, 6) is -0.339. The van der Waals surface area contributed by atoms with E-state index in [4.69, 9.17) is 21.1 Å². The van der Waals surface area contributed by atoms with Gasteiger partial charge < -0.3 is 19.7 Å². The maximum atomic E-state index is 12.8. The molecule has 1 N–H and O–H groups in total. The number of nitro groups is 1. The molecule has 1 heterocycles. The molecule has 158 valence electrons. The Bertz CT molecular complexity index is 1010. The normalized spacial score (nSPS) is 13.3. The van der Waals surface area contributed by atoms with Crippen LogP contribution in [-0.4, -0.2) is 37.0 Å². The van der Waals surface area contributed by atoms with Gasteiger partial charge in [-0.3, -0.25) is 19.7 Å². The molecule has 2 amide bonds. The Morgan fingerprint density at radius 1 is 1.30 bits per heavy atom. The standard InChI is InChI=1S/C20H20ClN3O6/c1-3-30-18-11-16(24(27)28)13(10-17(18)29-2)20(26)22-12-6-7-15(14(21)9-12)23-8-4-5-19(23)25/h6-7,9-11H,3-5,8H2,1-2H3,(H,22,26). The lowest BCUT2D eigenvalue weighted by molar-refractivity contribution is -0.385. The van der Waals surface area contributed by atoms with Crippen LogP contribution in [0.5, 0.6) is 11.5 Å². The Labute approximate surface area is 177 Å². The van der Waals surface area contributed by atoms with Gasteiger partial charge in [-0.2, -0.15) is 0 Å². The average Bonchev–Trinajstić information content (AvgIpc) is 3.13. The molecule has 2 aromatic rings. The van der Waals surface area contributed by atoms with Crippen molar-refractivity contribution in [3.05, 3.63) is 51.0 Å². The number of benzene rings is 2. The highest BCUT2D eigenvalue weighted by Gasteiger charge is 2.26. The van der Waals surface area contributed by atoms with Gasteiger partial charge in [-0.1, -0.05) is 11.6 Å². The van der Waals surface area contributed by atoms with E-state index in [9.17, 15) is 19.7 Å². The number of halogens is 1. The molecule has 0 atom stereocenters. The summed E-state index contributed by atoms with van der Waals surface area (Å²) in [6.45, 7) is 2.60. The summed E-state index contributed by atoms with van der Waals surface area (Å²) in [7, 11) is 1.38. The first-order valence-corrected chi connectivity index (χ1v) is 9.64. The van der Waals surface area contributed by atoms with Crippen molar-refractivity contribution >= 4 is 40.5 Å². The number of ether oxygens (including phenoxy) is 2. The fourth-order valence-electron chi connectivity index (χ4n) is 3.21. The number of anilines is 2. The number of nitrogens with one attached hydrogen (secondary N) is 1. The van der Waals surface area contributed by atoms with Crippen LogP contribution in [0.3, 0.4) is 0 Å². The first-order chi connectivity index (χ1) is 14.3. The van der Waals surface area contributed by atoms with Gasteiger partial charge in [0.2, 0.25) is 5.91 Å². The monoisotopic (exact) mass is 433 g/mol. The van der Waals surface area contributed by atoms with Crippen LogP contribution in [0.1, 0.15) is 30.1 Å². The Kier molecular flexibility index (Phi) is 6.41. The van der Waals surface area contributed by atoms with Gasteiger partial charge in [0.05, 0.1) is 35.4 Å². The molecular weight excluding hydrogens is 414 g/mol. The predicted octanol–water partition coefficient (Wildman–Crippen LogP) is 4.03. The Morgan fingerprint density at radius 2 is 2.07 bits per heavy atom. The van der Waals surface area contributed by atoms with Crippen LogP contribution in [0.2, 0.25) is 5.02 Å². The number of nitro benzene ring substituents is 1. The summed E-state index contributed by atoms with van der Waals surface area (Å²) in [6, 6.07) is 7.14. The fraction of sp³-hybridized carbons (Fsp3) is 0.300. The molecule has 1 fully saturated rings. The minimum absolute atomic E-state index is 0.00852. The molecule has 1 aliphatic rings. The molecule has 0 aromatic heterocycles. The lowest BCUT2D eigenvalue weighted by atomic mass is 10.1.